The molecule has 1 heterocycles. The summed E-state index contributed by atoms with van der Waals surface area (Å²) in [6, 6.07) is 4.14. The van der Waals surface area contributed by atoms with Crippen molar-refractivity contribution in [2.75, 3.05) is 6.54 Å². The number of hydrogen-bond acceptors (Lipinski definition) is 3. The predicted molar refractivity (Wildman–Crippen MR) is 62.9 cm³/mol. The number of hydrogen-bond donors (Lipinski definition) is 2. The van der Waals surface area contributed by atoms with Gasteiger partial charge >= 0.3 is 0 Å². The molecule has 0 atom stereocenters. The van der Waals surface area contributed by atoms with Gasteiger partial charge in [0.25, 0.3) is 0 Å². The number of furan rings is 1. The quantitative estimate of drug-likeness (QED) is 0.693. The third-order valence-corrected chi connectivity index (χ3v) is 2.17. The van der Waals surface area contributed by atoms with Gasteiger partial charge in [0.15, 0.2) is 0 Å². The van der Waals surface area contributed by atoms with E-state index >= 15 is 0 Å². The van der Waals surface area contributed by atoms with E-state index in [0.29, 0.717) is 19.0 Å². The van der Waals surface area contributed by atoms with Gasteiger partial charge in [-0.15, -0.1) is 0 Å². The summed E-state index contributed by atoms with van der Waals surface area (Å²) in [4.78, 5) is 11.4. The van der Waals surface area contributed by atoms with Crippen LogP contribution in [0.3, 0.4) is 0 Å². The smallest absolute Gasteiger partial charge is 0.220 e. The number of amides is 1. The fourth-order valence-electron chi connectivity index (χ4n) is 1.33. The zero-order valence-electron chi connectivity index (χ0n) is 9.95. The van der Waals surface area contributed by atoms with E-state index in [1.165, 1.54) is 0 Å². The molecule has 4 heteroatoms. The van der Waals surface area contributed by atoms with E-state index in [0.717, 1.165) is 18.7 Å². The molecular formula is C12H20N2O2. The summed E-state index contributed by atoms with van der Waals surface area (Å²) in [7, 11) is 0. The number of rotatable bonds is 7. The molecule has 2 N–H and O–H groups in total. The lowest BCUT2D eigenvalue weighted by atomic mass is 10.2. The van der Waals surface area contributed by atoms with Gasteiger partial charge < -0.3 is 15.1 Å². The lowest BCUT2D eigenvalue weighted by Crippen LogP contribution is -2.26. The Bertz CT molecular complexity index is 294. The first-order chi connectivity index (χ1) is 7.68. The third kappa shape index (κ3) is 5.56. The van der Waals surface area contributed by atoms with Crippen molar-refractivity contribution in [1.29, 1.82) is 0 Å². The second kappa shape index (κ2) is 7.06. The number of carbonyl (C=O) groups excluding carboxylic acids is 1. The molecule has 0 fully saturated rings. The Labute approximate surface area is 96.4 Å². The van der Waals surface area contributed by atoms with Crippen LogP contribution in [0.25, 0.3) is 0 Å². The molecule has 90 valence electrons. The number of carbonyl (C=O) groups is 1. The van der Waals surface area contributed by atoms with Crippen LogP contribution >= 0.6 is 0 Å². The first kappa shape index (κ1) is 12.8. The predicted octanol–water partition coefficient (Wildman–Crippen LogP) is 1.67. The van der Waals surface area contributed by atoms with Crippen LogP contribution < -0.4 is 10.6 Å². The van der Waals surface area contributed by atoms with Crippen LogP contribution in [0.1, 0.15) is 32.4 Å². The van der Waals surface area contributed by atoms with Crippen LogP contribution in [0.4, 0.5) is 0 Å². The van der Waals surface area contributed by atoms with Gasteiger partial charge in [0.05, 0.1) is 12.8 Å². The standard InChI is InChI=1S/C12H20N2O2/c1-10(2)13-7-3-6-12(15)14-9-11-5-4-8-16-11/h4-5,8,10,13H,3,6-7,9H2,1-2H3,(H,14,15). The van der Waals surface area contributed by atoms with Crippen molar-refractivity contribution < 1.29 is 9.21 Å². The van der Waals surface area contributed by atoms with Crippen LogP contribution in [-0.2, 0) is 11.3 Å². The van der Waals surface area contributed by atoms with Crippen molar-refractivity contribution in [2.45, 2.75) is 39.3 Å². The lowest BCUT2D eigenvalue weighted by molar-refractivity contribution is -0.121. The molecule has 16 heavy (non-hydrogen) atoms. The van der Waals surface area contributed by atoms with Gasteiger partial charge in [-0.05, 0) is 25.1 Å². The lowest BCUT2D eigenvalue weighted by Gasteiger charge is -2.07. The fraction of sp³-hybridized carbons (Fsp3) is 0.583. The Morgan fingerprint density at radius 2 is 2.31 bits per heavy atom. The summed E-state index contributed by atoms with van der Waals surface area (Å²) in [5, 5.41) is 6.08. The van der Waals surface area contributed by atoms with E-state index in [1.54, 1.807) is 6.26 Å². The first-order valence-electron chi connectivity index (χ1n) is 5.71. The second-order valence-corrected chi connectivity index (χ2v) is 4.07. The maximum absolute atomic E-state index is 11.4. The molecular weight excluding hydrogens is 204 g/mol. The van der Waals surface area contributed by atoms with Crippen molar-refractivity contribution >= 4 is 5.91 Å². The molecule has 0 aliphatic rings. The molecule has 1 amide bonds. The van der Waals surface area contributed by atoms with Crippen molar-refractivity contribution in [2.24, 2.45) is 0 Å². The largest absolute Gasteiger partial charge is 0.467 e. The molecule has 0 aliphatic carbocycles. The van der Waals surface area contributed by atoms with Gasteiger partial charge in [0, 0.05) is 12.5 Å². The first-order valence-corrected chi connectivity index (χ1v) is 5.71. The van der Waals surface area contributed by atoms with E-state index in [4.69, 9.17) is 4.42 Å². The molecule has 4 nitrogen and oxygen atoms in total. The molecule has 0 saturated heterocycles. The summed E-state index contributed by atoms with van der Waals surface area (Å²) in [5.41, 5.74) is 0. The molecule has 0 saturated carbocycles. The molecule has 0 bridgehead atoms. The molecule has 1 aromatic rings. The highest BCUT2D eigenvalue weighted by Crippen LogP contribution is 1.99. The third-order valence-electron chi connectivity index (χ3n) is 2.17. The van der Waals surface area contributed by atoms with Crippen LogP contribution in [-0.4, -0.2) is 18.5 Å². The van der Waals surface area contributed by atoms with Crippen LogP contribution in [0.5, 0.6) is 0 Å². The van der Waals surface area contributed by atoms with E-state index in [-0.39, 0.29) is 5.91 Å². The van der Waals surface area contributed by atoms with Gasteiger partial charge in [0.1, 0.15) is 5.76 Å². The zero-order chi connectivity index (χ0) is 11.8. The minimum Gasteiger partial charge on any atom is -0.467 e. The van der Waals surface area contributed by atoms with Gasteiger partial charge in [0.2, 0.25) is 5.91 Å². The van der Waals surface area contributed by atoms with E-state index < -0.39 is 0 Å². The highest BCUT2D eigenvalue weighted by Gasteiger charge is 2.02. The second-order valence-electron chi connectivity index (χ2n) is 4.07. The molecule has 0 aromatic carbocycles. The summed E-state index contributed by atoms with van der Waals surface area (Å²) >= 11 is 0. The van der Waals surface area contributed by atoms with Gasteiger partial charge in [-0.2, -0.15) is 0 Å². The van der Waals surface area contributed by atoms with Gasteiger partial charge in [-0.3, -0.25) is 4.79 Å². The highest BCUT2D eigenvalue weighted by atomic mass is 16.3. The van der Waals surface area contributed by atoms with Gasteiger partial charge in [-0.25, -0.2) is 0 Å². The molecule has 1 rings (SSSR count). The van der Waals surface area contributed by atoms with Crippen LogP contribution in [0.15, 0.2) is 22.8 Å². The maximum atomic E-state index is 11.4. The Kier molecular flexibility index (Phi) is 5.64. The topological polar surface area (TPSA) is 54.3 Å². The molecule has 1 aromatic heterocycles. The van der Waals surface area contributed by atoms with E-state index in [9.17, 15) is 4.79 Å². The summed E-state index contributed by atoms with van der Waals surface area (Å²) < 4.78 is 5.11. The zero-order valence-corrected chi connectivity index (χ0v) is 9.95. The average Bonchev–Trinajstić information content (AvgIpc) is 2.74. The van der Waals surface area contributed by atoms with Crippen molar-refractivity contribution in [3.05, 3.63) is 24.2 Å². The Balaban J connectivity index is 2.03. The van der Waals surface area contributed by atoms with Crippen molar-refractivity contribution in [3.63, 3.8) is 0 Å². The Morgan fingerprint density at radius 3 is 2.94 bits per heavy atom. The highest BCUT2D eigenvalue weighted by molar-refractivity contribution is 5.75. The number of nitrogens with one attached hydrogen (secondary N) is 2. The molecule has 0 aliphatic heterocycles. The van der Waals surface area contributed by atoms with Crippen LogP contribution in [0.2, 0.25) is 0 Å². The minimum atomic E-state index is 0.0713. The summed E-state index contributed by atoms with van der Waals surface area (Å²) in [6.07, 6.45) is 3.02. The summed E-state index contributed by atoms with van der Waals surface area (Å²) in [6.45, 7) is 5.54. The minimum absolute atomic E-state index is 0.0713. The fourth-order valence-corrected chi connectivity index (χ4v) is 1.33. The molecule has 0 radical (unpaired) electrons. The van der Waals surface area contributed by atoms with Crippen LogP contribution in [0, 0.1) is 0 Å². The maximum Gasteiger partial charge on any atom is 0.220 e. The molecule has 0 unspecified atom stereocenters. The average molecular weight is 224 g/mol. The monoisotopic (exact) mass is 224 g/mol. The Morgan fingerprint density at radius 1 is 1.50 bits per heavy atom. The van der Waals surface area contributed by atoms with E-state index in [2.05, 4.69) is 24.5 Å². The normalized spacial score (nSPS) is 10.7. The molecule has 0 spiro atoms. The van der Waals surface area contributed by atoms with Crippen molar-refractivity contribution in [3.8, 4) is 0 Å². The SMILES string of the molecule is CC(C)NCCCC(=O)NCc1ccco1. The van der Waals surface area contributed by atoms with E-state index in [1.807, 2.05) is 12.1 Å². The van der Waals surface area contributed by atoms with Gasteiger partial charge in [-0.1, -0.05) is 13.8 Å². The van der Waals surface area contributed by atoms with Crippen molar-refractivity contribution in [1.82, 2.24) is 10.6 Å². The summed E-state index contributed by atoms with van der Waals surface area (Å²) in [5.74, 6) is 0.857. The Hall–Kier alpha value is -1.29.